The van der Waals surface area contributed by atoms with Crippen LogP contribution in [0.2, 0.25) is 0 Å². The lowest BCUT2D eigenvalue weighted by atomic mass is 10.4. The summed E-state index contributed by atoms with van der Waals surface area (Å²) < 4.78 is 54.6. The van der Waals surface area contributed by atoms with Crippen molar-refractivity contribution in [3.63, 3.8) is 0 Å². The van der Waals surface area contributed by atoms with Gasteiger partial charge in [0.2, 0.25) is 10.0 Å². The van der Waals surface area contributed by atoms with Gasteiger partial charge < -0.3 is 15.0 Å². The number of sulfonamides is 1. The lowest BCUT2D eigenvalue weighted by Gasteiger charge is -2.35. The second-order valence-corrected chi connectivity index (χ2v) is 10.9. The molecule has 0 aromatic rings. The second-order valence-electron chi connectivity index (χ2n) is 6.33. The van der Waals surface area contributed by atoms with Crippen LogP contribution in [0.3, 0.4) is 0 Å². The molecule has 162 valence electrons. The molecule has 1 heterocycles. The van der Waals surface area contributed by atoms with Gasteiger partial charge in [-0.1, -0.05) is 6.92 Å². The van der Waals surface area contributed by atoms with Crippen LogP contribution in [-0.4, -0.2) is 102 Å². The zero-order valence-electron chi connectivity index (χ0n) is 16.5. The van der Waals surface area contributed by atoms with Crippen molar-refractivity contribution in [1.29, 1.82) is 0 Å². The summed E-state index contributed by atoms with van der Waals surface area (Å²) in [6.45, 7) is 7.59. The van der Waals surface area contributed by atoms with Crippen LogP contribution in [0.15, 0.2) is 4.99 Å². The maximum Gasteiger partial charge on any atom is 0.216 e. The Balaban J connectivity index is 0.00000676. The molecule has 1 aliphatic heterocycles. The van der Waals surface area contributed by atoms with Crippen molar-refractivity contribution in [2.24, 2.45) is 4.99 Å². The summed E-state index contributed by atoms with van der Waals surface area (Å²) in [6, 6.07) is 0. The first-order valence-electron chi connectivity index (χ1n) is 8.86. The number of rotatable bonds is 9. The lowest BCUT2D eigenvalue weighted by Crippen LogP contribution is -2.54. The van der Waals surface area contributed by atoms with Gasteiger partial charge in [0.05, 0.1) is 24.2 Å². The maximum absolute atomic E-state index is 12.3. The summed E-state index contributed by atoms with van der Waals surface area (Å²) in [5, 5.41) is 3.04. The summed E-state index contributed by atoms with van der Waals surface area (Å²) in [5.41, 5.74) is 0. The van der Waals surface area contributed by atoms with E-state index in [-0.39, 0.29) is 60.5 Å². The van der Waals surface area contributed by atoms with Crippen LogP contribution in [0.1, 0.15) is 20.8 Å². The predicted octanol–water partition coefficient (Wildman–Crippen LogP) is -0.0131. The number of piperazine rings is 1. The van der Waals surface area contributed by atoms with Gasteiger partial charge in [-0.05, 0) is 13.8 Å². The number of nitrogens with one attached hydrogen (secondary N) is 1. The van der Waals surface area contributed by atoms with E-state index in [2.05, 4.69) is 10.3 Å². The van der Waals surface area contributed by atoms with Crippen LogP contribution < -0.4 is 5.32 Å². The first kappa shape index (κ1) is 26.8. The molecule has 27 heavy (non-hydrogen) atoms. The van der Waals surface area contributed by atoms with Gasteiger partial charge >= 0.3 is 0 Å². The van der Waals surface area contributed by atoms with Crippen LogP contribution in [0, 0.1) is 0 Å². The van der Waals surface area contributed by atoms with Gasteiger partial charge in [-0.15, -0.1) is 24.0 Å². The van der Waals surface area contributed by atoms with Gasteiger partial charge in [0, 0.05) is 45.5 Å². The van der Waals surface area contributed by atoms with Crippen LogP contribution in [0.5, 0.6) is 0 Å². The van der Waals surface area contributed by atoms with E-state index in [1.165, 1.54) is 4.31 Å². The third-order valence-corrected chi connectivity index (χ3v) is 7.61. The molecule has 1 saturated heterocycles. The van der Waals surface area contributed by atoms with E-state index in [9.17, 15) is 16.8 Å². The molecule has 0 spiro atoms. The highest BCUT2D eigenvalue weighted by atomic mass is 127. The Morgan fingerprint density at radius 1 is 1.11 bits per heavy atom. The van der Waals surface area contributed by atoms with Crippen LogP contribution >= 0.6 is 24.0 Å². The third kappa shape index (κ3) is 9.72. The molecule has 0 bridgehead atoms. The Kier molecular flexibility index (Phi) is 12.3. The highest BCUT2D eigenvalue weighted by molar-refractivity contribution is 14.0. The average Bonchev–Trinajstić information content (AvgIpc) is 2.58. The first-order valence-corrected chi connectivity index (χ1v) is 12.3. The number of ether oxygens (including phenoxy) is 1. The van der Waals surface area contributed by atoms with Gasteiger partial charge in [0.25, 0.3) is 0 Å². The molecule has 0 unspecified atom stereocenters. The van der Waals surface area contributed by atoms with Crippen LogP contribution in [-0.2, 0) is 24.6 Å². The van der Waals surface area contributed by atoms with Crippen LogP contribution in [0.4, 0.5) is 0 Å². The Morgan fingerprint density at radius 3 is 2.19 bits per heavy atom. The molecular weight excluding hydrogens is 507 g/mol. The molecular formula is C15H33IN4O5S2. The van der Waals surface area contributed by atoms with Crippen LogP contribution in [0.25, 0.3) is 0 Å². The van der Waals surface area contributed by atoms with Crippen molar-refractivity contribution in [2.45, 2.75) is 26.9 Å². The molecule has 0 atom stereocenters. The summed E-state index contributed by atoms with van der Waals surface area (Å²) in [4.78, 5) is 6.10. The fraction of sp³-hybridized carbons (Fsp3) is 0.933. The minimum absolute atomic E-state index is 0. The maximum atomic E-state index is 12.3. The Hall–Kier alpha value is -0.180. The fourth-order valence-electron chi connectivity index (χ4n) is 2.49. The van der Waals surface area contributed by atoms with E-state index in [0.717, 1.165) is 0 Å². The van der Waals surface area contributed by atoms with E-state index >= 15 is 0 Å². The fourth-order valence-corrected chi connectivity index (χ4v) is 4.48. The van der Waals surface area contributed by atoms with Gasteiger partial charge in [0.15, 0.2) is 15.8 Å². The second kappa shape index (κ2) is 12.4. The number of guanidine groups is 1. The predicted molar refractivity (Wildman–Crippen MR) is 119 cm³/mol. The van der Waals surface area contributed by atoms with Gasteiger partial charge in [-0.2, -0.15) is 4.31 Å². The normalized spacial score (nSPS) is 17.1. The number of hydrogen-bond donors (Lipinski definition) is 1. The van der Waals surface area contributed by atoms with Crippen molar-refractivity contribution in [1.82, 2.24) is 14.5 Å². The lowest BCUT2D eigenvalue weighted by molar-refractivity contribution is 0.0904. The molecule has 0 aliphatic carbocycles. The van der Waals surface area contributed by atoms with Gasteiger partial charge in [0.1, 0.15) is 0 Å². The highest BCUT2D eigenvalue weighted by Gasteiger charge is 2.28. The molecule has 0 saturated carbocycles. The molecule has 1 rings (SSSR count). The van der Waals surface area contributed by atoms with Crippen molar-refractivity contribution in [3.05, 3.63) is 0 Å². The van der Waals surface area contributed by atoms with E-state index in [1.54, 1.807) is 14.0 Å². The van der Waals surface area contributed by atoms with Gasteiger partial charge in [-0.3, -0.25) is 4.99 Å². The van der Waals surface area contributed by atoms with E-state index in [1.807, 2.05) is 18.7 Å². The molecule has 1 aliphatic rings. The molecule has 1 fully saturated rings. The molecule has 12 heteroatoms. The molecule has 0 aromatic carbocycles. The smallest absolute Gasteiger partial charge is 0.216 e. The number of halogens is 1. The minimum atomic E-state index is -3.33. The van der Waals surface area contributed by atoms with Gasteiger partial charge in [-0.25, -0.2) is 16.8 Å². The third-order valence-electron chi connectivity index (χ3n) is 4.07. The Labute approximate surface area is 180 Å². The topological polar surface area (TPSA) is 108 Å². The monoisotopic (exact) mass is 540 g/mol. The van der Waals surface area contributed by atoms with Crippen molar-refractivity contribution < 1.29 is 21.6 Å². The molecule has 0 amide bonds. The first-order chi connectivity index (χ1) is 12.1. The molecule has 0 aromatic heterocycles. The van der Waals surface area contributed by atoms with E-state index < -0.39 is 19.9 Å². The molecule has 9 nitrogen and oxygen atoms in total. The van der Waals surface area contributed by atoms with Crippen molar-refractivity contribution >= 4 is 49.8 Å². The van der Waals surface area contributed by atoms with E-state index in [4.69, 9.17) is 4.74 Å². The summed E-state index contributed by atoms with van der Waals surface area (Å²) >= 11 is 0. The van der Waals surface area contributed by atoms with Crippen molar-refractivity contribution in [2.75, 3.05) is 63.6 Å². The number of hydrogen-bond acceptors (Lipinski definition) is 6. The minimum Gasteiger partial charge on any atom is -0.378 e. The number of aliphatic imine (C=N–C) groups is 1. The highest BCUT2D eigenvalue weighted by Crippen LogP contribution is 2.09. The Bertz CT molecular complexity index is 660. The Morgan fingerprint density at radius 2 is 1.70 bits per heavy atom. The average molecular weight is 540 g/mol. The largest absolute Gasteiger partial charge is 0.378 e. The summed E-state index contributed by atoms with van der Waals surface area (Å²) in [7, 11) is -4.74. The quantitative estimate of drug-likeness (QED) is 0.249. The summed E-state index contributed by atoms with van der Waals surface area (Å²) in [6.07, 6.45) is 0.00738. The molecule has 0 radical (unpaired) electrons. The summed E-state index contributed by atoms with van der Waals surface area (Å²) in [5.74, 6) is 0.737. The molecule has 1 N–H and O–H groups in total. The number of sulfone groups is 1. The van der Waals surface area contributed by atoms with E-state index in [0.29, 0.717) is 32.1 Å². The van der Waals surface area contributed by atoms with Crippen molar-refractivity contribution in [3.8, 4) is 0 Å². The standard InChI is InChI=1S/C15H32N4O5S2.HI/c1-5-25(20,21)12-6-17-15(16-4)18-7-9-19(10-8-18)26(22,23)13-11-24-14(2)3;/h14H,5-13H2,1-4H3,(H,16,17);1H. The number of nitrogens with zero attached hydrogens (tertiary/aromatic N) is 3. The SMILES string of the molecule is CCS(=O)(=O)CCNC(=NC)N1CCN(S(=O)(=O)CCOC(C)C)CC1.I. The zero-order valence-corrected chi connectivity index (χ0v) is 20.5. The zero-order chi connectivity index (χ0) is 19.8.